The summed E-state index contributed by atoms with van der Waals surface area (Å²) < 4.78 is 85.1. The van der Waals surface area contributed by atoms with E-state index in [-0.39, 0.29) is 0 Å². The second kappa shape index (κ2) is 10.9. The van der Waals surface area contributed by atoms with E-state index in [9.17, 15) is 26.7 Å². The van der Waals surface area contributed by atoms with Crippen molar-refractivity contribution in [1.29, 1.82) is 0 Å². The fourth-order valence-corrected chi connectivity index (χ4v) is 10.4. The molecule has 0 N–H and O–H groups in total. The largest absolute Gasteiger partial charge is 0.309 e. The average Bonchev–Trinajstić information content (AvgIpc) is 3.01. The van der Waals surface area contributed by atoms with E-state index in [0.717, 1.165) is 5.39 Å². The first kappa shape index (κ1) is 27.9. The average molecular weight is 600 g/mol. The summed E-state index contributed by atoms with van der Waals surface area (Å²) in [5.74, 6) is -1.93. The van der Waals surface area contributed by atoms with Gasteiger partial charge < -0.3 is 9.13 Å². The zero-order valence-electron chi connectivity index (χ0n) is 21.9. The molecule has 6 aromatic rings. The van der Waals surface area contributed by atoms with Crippen molar-refractivity contribution in [3.05, 3.63) is 157 Å². The van der Waals surface area contributed by atoms with Crippen LogP contribution in [0.2, 0.25) is 0 Å². The SMILES string of the molecule is O=P(c1ccc(F)cc1)(c1ccc(F)cc1)c1ccc2ccc(P(=O)(c3ccc(F)cc3)c3ccc(F)cc3)cc2c1. The lowest BCUT2D eigenvalue weighted by atomic mass is 10.1. The fraction of sp³-hybridized carbons (Fsp3) is 0. The monoisotopic (exact) mass is 600 g/mol. The summed E-state index contributed by atoms with van der Waals surface area (Å²) in [5, 5.41) is 3.72. The number of hydrogen-bond donors (Lipinski definition) is 0. The number of benzene rings is 6. The van der Waals surface area contributed by atoms with Crippen LogP contribution in [0.5, 0.6) is 0 Å². The summed E-state index contributed by atoms with van der Waals surface area (Å²) in [6, 6.07) is 31.9. The number of hydrogen-bond acceptors (Lipinski definition) is 2. The molecule has 0 heterocycles. The van der Waals surface area contributed by atoms with Crippen molar-refractivity contribution in [2.45, 2.75) is 0 Å². The molecule has 0 unspecified atom stereocenters. The first-order chi connectivity index (χ1) is 20.2. The molecule has 6 rings (SSSR count). The smallest absolute Gasteiger partial charge is 0.171 e. The zero-order chi connectivity index (χ0) is 29.5. The van der Waals surface area contributed by atoms with Crippen LogP contribution >= 0.6 is 14.3 Å². The van der Waals surface area contributed by atoms with E-state index >= 15 is 0 Å². The lowest BCUT2D eigenvalue weighted by Gasteiger charge is -2.22. The van der Waals surface area contributed by atoms with Crippen LogP contribution in [0.4, 0.5) is 17.6 Å². The molecule has 0 saturated heterocycles. The summed E-state index contributed by atoms with van der Waals surface area (Å²) in [6.45, 7) is 0. The van der Waals surface area contributed by atoms with Crippen LogP contribution in [0.25, 0.3) is 10.8 Å². The maximum atomic E-state index is 14.9. The van der Waals surface area contributed by atoms with Crippen LogP contribution < -0.4 is 31.8 Å². The molecule has 42 heavy (non-hydrogen) atoms. The summed E-state index contributed by atoms with van der Waals surface area (Å²) >= 11 is 0. The van der Waals surface area contributed by atoms with Gasteiger partial charge in [-0.15, -0.1) is 0 Å². The normalized spacial score (nSPS) is 12.0. The van der Waals surface area contributed by atoms with Gasteiger partial charge in [0.2, 0.25) is 0 Å². The van der Waals surface area contributed by atoms with E-state index < -0.39 is 37.6 Å². The van der Waals surface area contributed by atoms with E-state index in [4.69, 9.17) is 0 Å². The van der Waals surface area contributed by atoms with Gasteiger partial charge in [-0.25, -0.2) is 17.6 Å². The Kier molecular flexibility index (Phi) is 7.22. The molecule has 0 aliphatic heterocycles. The van der Waals surface area contributed by atoms with Gasteiger partial charge in [-0.2, -0.15) is 0 Å². The van der Waals surface area contributed by atoms with Crippen molar-refractivity contribution < 1.29 is 26.7 Å². The van der Waals surface area contributed by atoms with Gasteiger partial charge in [-0.05, 0) is 120 Å². The Bertz CT molecular complexity index is 1760. The van der Waals surface area contributed by atoms with Crippen LogP contribution in [0.3, 0.4) is 0 Å². The van der Waals surface area contributed by atoms with Crippen molar-refractivity contribution in [3.8, 4) is 0 Å². The first-order valence-electron chi connectivity index (χ1n) is 13.0. The molecule has 0 bridgehead atoms. The maximum absolute atomic E-state index is 14.9. The van der Waals surface area contributed by atoms with E-state index in [0.29, 0.717) is 37.2 Å². The molecule has 0 aromatic heterocycles. The maximum Gasteiger partial charge on any atom is 0.171 e. The Morgan fingerprint density at radius 2 is 0.548 bits per heavy atom. The fourth-order valence-electron chi connectivity index (χ4n) is 5.11. The van der Waals surface area contributed by atoms with Gasteiger partial charge in [0, 0.05) is 31.8 Å². The van der Waals surface area contributed by atoms with Gasteiger partial charge in [0.1, 0.15) is 23.3 Å². The molecule has 0 saturated carbocycles. The molecule has 2 nitrogen and oxygen atoms in total. The number of halogens is 4. The van der Waals surface area contributed by atoms with Crippen LogP contribution in [-0.4, -0.2) is 0 Å². The molecule has 208 valence electrons. The molecular formula is C34H22F4O2P2. The molecule has 0 radical (unpaired) electrons. The molecule has 6 aromatic carbocycles. The van der Waals surface area contributed by atoms with Gasteiger partial charge in [-0.3, -0.25) is 0 Å². The summed E-state index contributed by atoms with van der Waals surface area (Å²) in [5.41, 5.74) is 0. The molecule has 0 atom stereocenters. The minimum Gasteiger partial charge on any atom is -0.309 e. The summed E-state index contributed by atoms with van der Waals surface area (Å²) in [7, 11) is -7.18. The van der Waals surface area contributed by atoms with Crippen LogP contribution in [0, 0.1) is 23.3 Å². The highest BCUT2D eigenvalue weighted by Gasteiger charge is 2.32. The molecule has 0 spiro atoms. The lowest BCUT2D eigenvalue weighted by molar-refractivity contribution is 0.591. The third-order valence-corrected chi connectivity index (χ3v) is 13.4. The second-order valence-electron chi connectivity index (χ2n) is 9.84. The Balaban J connectivity index is 1.57. The van der Waals surface area contributed by atoms with E-state index in [2.05, 4.69) is 0 Å². The number of fused-ring (bicyclic) bond motifs is 1. The summed E-state index contributed by atoms with van der Waals surface area (Å²) in [4.78, 5) is 0. The summed E-state index contributed by atoms with van der Waals surface area (Å²) in [6.07, 6.45) is 0. The first-order valence-corrected chi connectivity index (χ1v) is 16.4. The molecular weight excluding hydrogens is 578 g/mol. The van der Waals surface area contributed by atoms with Crippen molar-refractivity contribution in [3.63, 3.8) is 0 Å². The minimum absolute atomic E-state index is 0.370. The van der Waals surface area contributed by atoms with E-state index in [1.165, 1.54) is 97.1 Å². The zero-order valence-corrected chi connectivity index (χ0v) is 23.7. The third kappa shape index (κ3) is 4.91. The predicted octanol–water partition coefficient (Wildman–Crippen LogP) is 6.68. The van der Waals surface area contributed by atoms with Crippen molar-refractivity contribution in [1.82, 2.24) is 0 Å². The van der Waals surface area contributed by atoms with Crippen molar-refractivity contribution in [2.75, 3.05) is 0 Å². The molecule has 8 heteroatoms. The van der Waals surface area contributed by atoms with Gasteiger partial charge in [0.05, 0.1) is 0 Å². The lowest BCUT2D eigenvalue weighted by Crippen LogP contribution is -2.26. The van der Waals surface area contributed by atoms with E-state index in [1.807, 2.05) is 0 Å². The number of rotatable bonds is 6. The van der Waals surface area contributed by atoms with Gasteiger partial charge in [0.25, 0.3) is 0 Å². The van der Waals surface area contributed by atoms with Crippen LogP contribution in [0.1, 0.15) is 0 Å². The molecule has 0 aliphatic rings. The van der Waals surface area contributed by atoms with Gasteiger partial charge >= 0.3 is 0 Å². The quantitative estimate of drug-likeness (QED) is 0.158. The Hall–Kier alpha value is -4.24. The van der Waals surface area contributed by atoms with Gasteiger partial charge in [0.15, 0.2) is 14.3 Å². The Morgan fingerprint density at radius 1 is 0.310 bits per heavy atom. The van der Waals surface area contributed by atoms with E-state index in [1.54, 1.807) is 36.4 Å². The van der Waals surface area contributed by atoms with Crippen LogP contribution in [-0.2, 0) is 9.13 Å². The second-order valence-corrected chi connectivity index (χ2v) is 15.4. The van der Waals surface area contributed by atoms with Crippen LogP contribution in [0.15, 0.2) is 133 Å². The topological polar surface area (TPSA) is 34.1 Å². The third-order valence-electron chi connectivity index (χ3n) is 7.30. The predicted molar refractivity (Wildman–Crippen MR) is 163 cm³/mol. The van der Waals surface area contributed by atoms with Gasteiger partial charge in [-0.1, -0.05) is 24.3 Å². The molecule has 0 aliphatic carbocycles. The highest BCUT2D eigenvalue weighted by Crippen LogP contribution is 2.45. The minimum atomic E-state index is -3.59. The molecule has 0 fully saturated rings. The Morgan fingerprint density at radius 3 is 0.810 bits per heavy atom. The van der Waals surface area contributed by atoms with Crippen molar-refractivity contribution >= 4 is 56.9 Å². The highest BCUT2D eigenvalue weighted by atomic mass is 31.2. The standard InChI is InChI=1S/C34H22F4O2P2/c35-25-3-13-29(14-4-25)41(39,30-15-5-26(36)6-16-30)33-11-1-23-2-12-34(22-24(23)21-33)42(40,31-17-7-27(37)8-18-31)32-19-9-28(38)10-20-32/h1-22H. The Labute approximate surface area is 240 Å². The molecule has 0 amide bonds. The highest BCUT2D eigenvalue weighted by molar-refractivity contribution is 7.85. The van der Waals surface area contributed by atoms with Crippen molar-refractivity contribution in [2.24, 2.45) is 0 Å².